The van der Waals surface area contributed by atoms with Gasteiger partial charge in [-0.15, -0.1) is 0 Å². The van der Waals surface area contributed by atoms with Gasteiger partial charge in [-0.1, -0.05) is 0 Å². The molecule has 3 atom stereocenters. The minimum atomic E-state index is 0.0259. The molecule has 0 aliphatic carbocycles. The van der Waals surface area contributed by atoms with E-state index >= 15 is 0 Å². The van der Waals surface area contributed by atoms with Gasteiger partial charge in [0, 0.05) is 23.7 Å². The van der Waals surface area contributed by atoms with E-state index in [1.807, 2.05) is 0 Å². The van der Waals surface area contributed by atoms with Gasteiger partial charge in [0.05, 0.1) is 19.1 Å². The van der Waals surface area contributed by atoms with Crippen LogP contribution in [0.25, 0.3) is 0 Å². The number of anilines is 1. The molecule has 4 nitrogen and oxygen atoms in total. The smallest absolute Gasteiger partial charge is 0.251 e. The van der Waals surface area contributed by atoms with Crippen LogP contribution in [-0.2, 0) is 0 Å². The Morgan fingerprint density at radius 1 is 1.14 bits per heavy atom. The lowest BCUT2D eigenvalue weighted by Gasteiger charge is -2.41. The van der Waals surface area contributed by atoms with Gasteiger partial charge in [-0.3, -0.25) is 4.79 Å². The first-order valence-electron chi connectivity index (χ1n) is 8.22. The summed E-state index contributed by atoms with van der Waals surface area (Å²) in [5.41, 5.74) is 7.05. The molecule has 1 aromatic rings. The average molecular weight is 288 g/mol. The maximum Gasteiger partial charge on any atom is 0.251 e. The summed E-state index contributed by atoms with van der Waals surface area (Å²) in [6, 6.07) is 7.91. The quantitative estimate of drug-likeness (QED) is 0.722. The SMILES string of the molecule is Nc1ccc(C(=O)NC[C@@H]2CCC[NH+]3CCCC[C@H]23)cc1. The number of carbonyl (C=O) groups excluding carboxylic acids is 1. The lowest BCUT2D eigenvalue weighted by molar-refractivity contribution is -0.939. The maximum absolute atomic E-state index is 12.2. The molecule has 2 aliphatic heterocycles. The molecule has 0 aromatic heterocycles. The number of quaternary nitrogens is 1. The summed E-state index contributed by atoms with van der Waals surface area (Å²) >= 11 is 0. The molecule has 4 heteroatoms. The number of hydrogen-bond donors (Lipinski definition) is 3. The molecular weight excluding hydrogens is 262 g/mol. The molecule has 2 heterocycles. The second kappa shape index (κ2) is 6.48. The highest BCUT2D eigenvalue weighted by Crippen LogP contribution is 2.19. The minimum Gasteiger partial charge on any atom is -0.399 e. The predicted molar refractivity (Wildman–Crippen MR) is 84.2 cm³/mol. The van der Waals surface area contributed by atoms with Crippen molar-refractivity contribution in [2.45, 2.75) is 38.1 Å². The summed E-state index contributed by atoms with van der Waals surface area (Å²) in [5, 5.41) is 3.13. The second-order valence-electron chi connectivity index (χ2n) is 6.49. The van der Waals surface area contributed by atoms with Gasteiger partial charge in [0.1, 0.15) is 0 Å². The predicted octanol–water partition coefficient (Wildman–Crippen LogP) is 0.846. The minimum absolute atomic E-state index is 0.0259. The zero-order valence-electron chi connectivity index (χ0n) is 12.6. The molecule has 0 spiro atoms. The van der Waals surface area contributed by atoms with E-state index in [4.69, 9.17) is 5.73 Å². The van der Waals surface area contributed by atoms with Crippen molar-refractivity contribution < 1.29 is 9.69 Å². The summed E-state index contributed by atoms with van der Waals surface area (Å²) in [6.45, 7) is 3.47. The Balaban J connectivity index is 1.56. The van der Waals surface area contributed by atoms with Crippen molar-refractivity contribution in [1.29, 1.82) is 0 Å². The van der Waals surface area contributed by atoms with Crippen LogP contribution in [0.5, 0.6) is 0 Å². The van der Waals surface area contributed by atoms with Crippen LogP contribution in [0.4, 0.5) is 5.69 Å². The normalized spacial score (nSPS) is 28.7. The number of nitrogens with two attached hydrogens (primary N) is 1. The first-order chi connectivity index (χ1) is 10.2. The highest BCUT2D eigenvalue weighted by atomic mass is 16.1. The number of nitrogens with one attached hydrogen (secondary N) is 2. The van der Waals surface area contributed by atoms with Gasteiger partial charge < -0.3 is 16.0 Å². The fourth-order valence-corrected chi connectivity index (χ4v) is 3.98. The zero-order valence-corrected chi connectivity index (χ0v) is 12.6. The van der Waals surface area contributed by atoms with E-state index in [0.29, 0.717) is 17.2 Å². The topological polar surface area (TPSA) is 59.6 Å². The van der Waals surface area contributed by atoms with Gasteiger partial charge in [-0.05, 0) is 56.4 Å². The monoisotopic (exact) mass is 288 g/mol. The summed E-state index contributed by atoms with van der Waals surface area (Å²) in [5.74, 6) is 0.671. The largest absolute Gasteiger partial charge is 0.399 e. The van der Waals surface area contributed by atoms with E-state index in [-0.39, 0.29) is 5.91 Å². The van der Waals surface area contributed by atoms with Crippen LogP contribution in [0.3, 0.4) is 0 Å². The molecule has 1 unspecified atom stereocenters. The van der Waals surface area contributed by atoms with E-state index in [1.54, 1.807) is 29.2 Å². The molecule has 4 N–H and O–H groups in total. The summed E-state index contributed by atoms with van der Waals surface area (Å²) in [7, 11) is 0. The number of amides is 1. The van der Waals surface area contributed by atoms with Gasteiger partial charge in [-0.25, -0.2) is 0 Å². The molecule has 3 rings (SSSR count). The van der Waals surface area contributed by atoms with E-state index in [1.165, 1.54) is 45.2 Å². The van der Waals surface area contributed by atoms with Crippen LogP contribution >= 0.6 is 0 Å². The third-order valence-electron chi connectivity index (χ3n) is 5.13. The van der Waals surface area contributed by atoms with Crippen LogP contribution < -0.4 is 16.0 Å². The molecule has 0 radical (unpaired) electrons. The number of hydrogen-bond acceptors (Lipinski definition) is 2. The molecule has 2 aliphatic rings. The fourth-order valence-electron chi connectivity index (χ4n) is 3.98. The van der Waals surface area contributed by atoms with E-state index in [9.17, 15) is 4.79 Å². The Labute approximate surface area is 126 Å². The molecule has 1 aromatic carbocycles. The Hall–Kier alpha value is -1.55. The number of rotatable bonds is 3. The third-order valence-corrected chi connectivity index (χ3v) is 5.13. The molecule has 2 fully saturated rings. The standard InChI is InChI=1S/C17H25N3O/c18-15-8-6-13(7-9-15)17(21)19-12-14-4-3-11-20-10-2-1-5-16(14)20/h6-9,14,16H,1-5,10-12,18H2,(H,19,21)/p+1/t14-,16+/m0/s1. The van der Waals surface area contributed by atoms with Crippen LogP contribution in [0, 0.1) is 5.92 Å². The lowest BCUT2D eigenvalue weighted by Crippen LogP contribution is -3.18. The first kappa shape index (κ1) is 14.4. The van der Waals surface area contributed by atoms with Gasteiger partial charge in [-0.2, -0.15) is 0 Å². The molecule has 1 amide bonds. The Morgan fingerprint density at radius 3 is 2.71 bits per heavy atom. The maximum atomic E-state index is 12.2. The highest BCUT2D eigenvalue weighted by Gasteiger charge is 2.36. The van der Waals surface area contributed by atoms with Crippen LogP contribution in [0.15, 0.2) is 24.3 Å². The van der Waals surface area contributed by atoms with Crippen molar-refractivity contribution in [2.24, 2.45) is 5.92 Å². The van der Waals surface area contributed by atoms with Crippen LogP contribution in [0.1, 0.15) is 42.5 Å². The van der Waals surface area contributed by atoms with Gasteiger partial charge in [0.15, 0.2) is 0 Å². The fraction of sp³-hybridized carbons (Fsp3) is 0.588. The number of benzene rings is 1. The van der Waals surface area contributed by atoms with Crippen molar-refractivity contribution in [3.05, 3.63) is 29.8 Å². The molecule has 21 heavy (non-hydrogen) atoms. The van der Waals surface area contributed by atoms with E-state index in [0.717, 1.165) is 12.6 Å². The lowest BCUT2D eigenvalue weighted by atomic mass is 9.83. The van der Waals surface area contributed by atoms with Crippen molar-refractivity contribution in [1.82, 2.24) is 5.32 Å². The molecule has 2 saturated heterocycles. The van der Waals surface area contributed by atoms with Crippen LogP contribution in [0.2, 0.25) is 0 Å². The number of nitrogen functional groups attached to an aromatic ring is 1. The summed E-state index contributed by atoms with van der Waals surface area (Å²) in [6.07, 6.45) is 6.62. The number of piperidine rings is 2. The molecule has 0 saturated carbocycles. The zero-order chi connectivity index (χ0) is 14.7. The second-order valence-corrected chi connectivity index (χ2v) is 6.49. The number of carbonyl (C=O) groups is 1. The average Bonchev–Trinajstić information content (AvgIpc) is 2.53. The van der Waals surface area contributed by atoms with Crippen molar-refractivity contribution in [3.63, 3.8) is 0 Å². The van der Waals surface area contributed by atoms with Gasteiger partial charge in [0.2, 0.25) is 0 Å². The van der Waals surface area contributed by atoms with E-state index in [2.05, 4.69) is 5.32 Å². The van der Waals surface area contributed by atoms with Gasteiger partial charge in [0.25, 0.3) is 5.91 Å². The molecule has 114 valence electrons. The Bertz CT molecular complexity index is 483. The van der Waals surface area contributed by atoms with Gasteiger partial charge >= 0.3 is 0 Å². The van der Waals surface area contributed by atoms with Crippen LogP contribution in [-0.4, -0.2) is 31.6 Å². The Kier molecular flexibility index (Phi) is 4.44. The first-order valence-corrected chi connectivity index (χ1v) is 8.22. The molecular formula is C17H26N3O+. The Morgan fingerprint density at radius 2 is 1.90 bits per heavy atom. The third kappa shape index (κ3) is 3.38. The van der Waals surface area contributed by atoms with Crippen molar-refractivity contribution in [2.75, 3.05) is 25.4 Å². The van der Waals surface area contributed by atoms with Crippen molar-refractivity contribution in [3.8, 4) is 0 Å². The number of fused-ring (bicyclic) bond motifs is 1. The molecule has 0 bridgehead atoms. The highest BCUT2D eigenvalue weighted by molar-refractivity contribution is 5.94. The summed E-state index contributed by atoms with van der Waals surface area (Å²) in [4.78, 5) is 14.0. The van der Waals surface area contributed by atoms with Crippen molar-refractivity contribution >= 4 is 11.6 Å². The van der Waals surface area contributed by atoms with E-state index < -0.39 is 0 Å². The summed E-state index contributed by atoms with van der Waals surface area (Å²) < 4.78 is 0.